The molecule has 0 spiro atoms. The SMILES string of the molecule is c1ccc(-c2ccc3c(c2)sc2c(-c4ccccc4)ccc(N(c4cccc5c4sc4ccccc45)c4cccc5c4c4ccccc4n5-c4ccccc4)c23)cc1. The van der Waals surface area contributed by atoms with Crippen molar-refractivity contribution in [3.05, 3.63) is 206 Å². The van der Waals surface area contributed by atoms with Crippen molar-refractivity contribution in [1.82, 2.24) is 4.57 Å². The molecule has 3 aromatic heterocycles. The molecule has 0 radical (unpaired) electrons. The molecule has 0 aliphatic heterocycles. The molecule has 0 saturated heterocycles. The van der Waals surface area contributed by atoms with Gasteiger partial charge in [-0.15, -0.1) is 22.7 Å². The van der Waals surface area contributed by atoms with E-state index in [2.05, 4.69) is 216 Å². The third-order valence-corrected chi connectivity index (χ3v) is 14.0. The Balaban J connectivity index is 1.23. The van der Waals surface area contributed by atoms with Crippen LogP contribution in [0.5, 0.6) is 0 Å². The average molecular weight is 775 g/mol. The van der Waals surface area contributed by atoms with Crippen molar-refractivity contribution in [2.24, 2.45) is 0 Å². The molecule has 2 nitrogen and oxygen atoms in total. The number of aromatic nitrogens is 1. The van der Waals surface area contributed by atoms with Gasteiger partial charge in [0, 0.05) is 52.1 Å². The predicted molar refractivity (Wildman–Crippen MR) is 252 cm³/mol. The Morgan fingerprint density at radius 1 is 0.345 bits per heavy atom. The first kappa shape index (κ1) is 33.2. The first-order chi connectivity index (χ1) is 28.8. The number of thiophene rings is 2. The van der Waals surface area contributed by atoms with Crippen LogP contribution in [0.1, 0.15) is 0 Å². The first-order valence-corrected chi connectivity index (χ1v) is 21.3. The van der Waals surface area contributed by atoms with E-state index in [1.165, 1.54) is 95.8 Å². The van der Waals surface area contributed by atoms with Crippen molar-refractivity contribution in [3.63, 3.8) is 0 Å². The summed E-state index contributed by atoms with van der Waals surface area (Å²) in [5.74, 6) is 0. The summed E-state index contributed by atoms with van der Waals surface area (Å²) in [4.78, 5) is 2.58. The van der Waals surface area contributed by atoms with Crippen molar-refractivity contribution < 1.29 is 0 Å². The molecule has 0 atom stereocenters. The lowest BCUT2D eigenvalue weighted by Crippen LogP contribution is -2.11. The predicted octanol–water partition coefficient (Wildman–Crippen LogP) is 16.3. The van der Waals surface area contributed by atoms with Crippen LogP contribution in [-0.2, 0) is 0 Å². The van der Waals surface area contributed by atoms with Gasteiger partial charge in [0.2, 0.25) is 0 Å². The largest absolute Gasteiger partial charge is 0.309 e. The first-order valence-electron chi connectivity index (χ1n) is 19.7. The van der Waals surface area contributed by atoms with Gasteiger partial charge in [-0.2, -0.15) is 0 Å². The van der Waals surface area contributed by atoms with Crippen LogP contribution in [0.25, 0.3) is 90.1 Å². The molecular weight excluding hydrogens is 741 g/mol. The summed E-state index contributed by atoms with van der Waals surface area (Å²) in [6.07, 6.45) is 0. The van der Waals surface area contributed by atoms with E-state index in [-0.39, 0.29) is 0 Å². The van der Waals surface area contributed by atoms with Crippen LogP contribution in [0.4, 0.5) is 17.1 Å². The molecule has 272 valence electrons. The van der Waals surface area contributed by atoms with Crippen molar-refractivity contribution in [3.8, 4) is 27.9 Å². The van der Waals surface area contributed by atoms with E-state index in [0.29, 0.717) is 0 Å². The summed E-state index contributed by atoms with van der Waals surface area (Å²) in [5, 5.41) is 7.56. The maximum atomic E-state index is 2.58. The maximum absolute atomic E-state index is 2.58. The number of rotatable bonds is 6. The summed E-state index contributed by atoms with van der Waals surface area (Å²) in [6.45, 7) is 0. The quantitative estimate of drug-likeness (QED) is 0.163. The standard InChI is InChI=1S/C54H34N2S2/c1-4-16-35(17-5-1)37-30-31-43-50(34-37)58-54-39(36-18-6-2-7-19-36)32-33-47(52(43)54)56(48-28-14-24-41-40-22-11-13-29-49(40)57-53(41)48)46-27-15-26-45-51(46)42-23-10-12-25-44(42)55(45)38-20-8-3-9-21-38/h1-34H. The molecule has 0 aliphatic rings. The van der Waals surface area contributed by atoms with Gasteiger partial charge in [0.15, 0.2) is 0 Å². The third kappa shape index (κ3) is 5.09. The number of hydrogen-bond donors (Lipinski definition) is 0. The lowest BCUT2D eigenvalue weighted by atomic mass is 9.98. The number of benzene rings is 9. The summed E-state index contributed by atoms with van der Waals surface area (Å²) in [7, 11) is 0. The van der Waals surface area contributed by atoms with E-state index in [1.807, 2.05) is 22.7 Å². The second kappa shape index (κ2) is 13.3. The molecule has 4 heteroatoms. The molecule has 0 amide bonds. The van der Waals surface area contributed by atoms with E-state index in [0.717, 1.165) is 11.4 Å². The van der Waals surface area contributed by atoms with Gasteiger partial charge in [0.25, 0.3) is 0 Å². The van der Waals surface area contributed by atoms with Gasteiger partial charge in [0.1, 0.15) is 0 Å². The number of fused-ring (bicyclic) bond motifs is 9. The fraction of sp³-hybridized carbons (Fsp3) is 0. The summed E-state index contributed by atoms with van der Waals surface area (Å²) in [5.41, 5.74) is 11.9. The van der Waals surface area contributed by atoms with E-state index in [4.69, 9.17) is 0 Å². The maximum Gasteiger partial charge on any atom is 0.0640 e. The summed E-state index contributed by atoms with van der Waals surface area (Å²) in [6, 6.07) is 75.6. The number of anilines is 3. The highest BCUT2D eigenvalue weighted by Crippen LogP contribution is 2.53. The van der Waals surface area contributed by atoms with Gasteiger partial charge in [0.05, 0.1) is 32.8 Å². The van der Waals surface area contributed by atoms with Crippen molar-refractivity contribution in [2.45, 2.75) is 0 Å². The van der Waals surface area contributed by atoms with E-state index < -0.39 is 0 Å². The van der Waals surface area contributed by atoms with Gasteiger partial charge < -0.3 is 9.47 Å². The smallest absolute Gasteiger partial charge is 0.0640 e. The number of hydrogen-bond acceptors (Lipinski definition) is 3. The minimum atomic E-state index is 1.15. The van der Waals surface area contributed by atoms with Crippen molar-refractivity contribution >= 4 is 102 Å². The van der Waals surface area contributed by atoms with Crippen LogP contribution >= 0.6 is 22.7 Å². The fourth-order valence-electron chi connectivity index (χ4n) is 9.04. The van der Waals surface area contributed by atoms with E-state index in [1.54, 1.807) is 0 Å². The van der Waals surface area contributed by atoms with Crippen LogP contribution in [0, 0.1) is 0 Å². The molecule has 58 heavy (non-hydrogen) atoms. The van der Waals surface area contributed by atoms with Crippen LogP contribution in [-0.4, -0.2) is 4.57 Å². The minimum absolute atomic E-state index is 1.15. The Labute approximate surface area is 343 Å². The molecule has 12 aromatic rings. The zero-order valence-electron chi connectivity index (χ0n) is 31.3. The van der Waals surface area contributed by atoms with Gasteiger partial charge in [-0.3, -0.25) is 0 Å². The molecule has 0 saturated carbocycles. The molecule has 0 unspecified atom stereocenters. The Bertz CT molecular complexity index is 3500. The highest BCUT2D eigenvalue weighted by atomic mass is 32.1. The second-order valence-corrected chi connectivity index (χ2v) is 16.9. The monoisotopic (exact) mass is 774 g/mol. The topological polar surface area (TPSA) is 8.17 Å². The van der Waals surface area contributed by atoms with Gasteiger partial charge in [-0.1, -0.05) is 152 Å². The van der Waals surface area contributed by atoms with Crippen LogP contribution in [0.3, 0.4) is 0 Å². The van der Waals surface area contributed by atoms with Gasteiger partial charge >= 0.3 is 0 Å². The Morgan fingerprint density at radius 3 is 1.79 bits per heavy atom. The van der Waals surface area contributed by atoms with Gasteiger partial charge in [-0.25, -0.2) is 0 Å². The van der Waals surface area contributed by atoms with Crippen LogP contribution in [0.2, 0.25) is 0 Å². The molecular formula is C54H34N2S2. The summed E-state index contributed by atoms with van der Waals surface area (Å²) >= 11 is 3.78. The third-order valence-electron chi connectivity index (χ3n) is 11.6. The second-order valence-electron chi connectivity index (χ2n) is 14.8. The molecule has 9 aromatic carbocycles. The molecule has 0 bridgehead atoms. The average Bonchev–Trinajstić information content (AvgIpc) is 3.98. The zero-order chi connectivity index (χ0) is 38.2. The van der Waals surface area contributed by atoms with Crippen molar-refractivity contribution in [1.29, 1.82) is 0 Å². The molecule has 0 fully saturated rings. The van der Waals surface area contributed by atoms with E-state index in [9.17, 15) is 0 Å². The lowest BCUT2D eigenvalue weighted by Gasteiger charge is -2.28. The van der Waals surface area contributed by atoms with E-state index >= 15 is 0 Å². The Morgan fingerprint density at radius 2 is 0.966 bits per heavy atom. The number of para-hydroxylation sites is 2. The summed E-state index contributed by atoms with van der Waals surface area (Å²) < 4.78 is 7.56. The van der Waals surface area contributed by atoms with Gasteiger partial charge in [-0.05, 0) is 76.9 Å². The highest BCUT2D eigenvalue weighted by Gasteiger charge is 2.26. The molecule has 3 heterocycles. The number of nitrogens with zero attached hydrogens (tertiary/aromatic N) is 2. The van der Waals surface area contributed by atoms with Crippen LogP contribution < -0.4 is 4.90 Å². The minimum Gasteiger partial charge on any atom is -0.309 e. The molecule has 0 N–H and O–H groups in total. The Kier molecular flexibility index (Phi) is 7.62. The lowest BCUT2D eigenvalue weighted by molar-refractivity contribution is 1.18. The highest BCUT2D eigenvalue weighted by molar-refractivity contribution is 7.27. The Hall–Kier alpha value is -6.98. The van der Waals surface area contributed by atoms with Crippen LogP contribution in [0.15, 0.2) is 206 Å². The van der Waals surface area contributed by atoms with Crippen molar-refractivity contribution in [2.75, 3.05) is 4.90 Å². The molecule has 12 rings (SSSR count). The fourth-order valence-corrected chi connectivity index (χ4v) is 11.5. The normalized spacial score (nSPS) is 11.8. The molecule has 0 aliphatic carbocycles. The zero-order valence-corrected chi connectivity index (χ0v) is 33.0.